The number of ether oxygens (including phenoxy) is 1. The van der Waals surface area contributed by atoms with Crippen molar-refractivity contribution >= 4 is 27.8 Å². The minimum atomic E-state index is -3.49. The van der Waals surface area contributed by atoms with E-state index in [4.69, 9.17) is 4.74 Å². The third-order valence-corrected chi connectivity index (χ3v) is 13.5. The van der Waals surface area contributed by atoms with Crippen molar-refractivity contribution in [3.63, 3.8) is 0 Å². The van der Waals surface area contributed by atoms with E-state index in [1.807, 2.05) is 27.7 Å². The number of amides is 2. The maximum atomic E-state index is 14.4. The van der Waals surface area contributed by atoms with Gasteiger partial charge in [0.2, 0.25) is 5.91 Å². The Morgan fingerprint density at radius 1 is 1.00 bits per heavy atom. The molecule has 2 spiro atoms. The van der Waals surface area contributed by atoms with E-state index < -0.39 is 16.0 Å². The van der Waals surface area contributed by atoms with Gasteiger partial charge in [-0.15, -0.1) is 0 Å². The summed E-state index contributed by atoms with van der Waals surface area (Å²) in [6.45, 7) is 19.0. The molecule has 52 heavy (non-hydrogen) atoms. The number of hydrogen-bond donors (Lipinski definition) is 0. The molecule has 15 heteroatoms. The highest BCUT2D eigenvalue weighted by Crippen LogP contribution is 2.46. The van der Waals surface area contributed by atoms with E-state index in [9.17, 15) is 22.4 Å². The lowest BCUT2D eigenvalue weighted by molar-refractivity contribution is -0.146. The van der Waals surface area contributed by atoms with Gasteiger partial charge < -0.3 is 24.3 Å². The number of halogens is 1. The third-order valence-electron chi connectivity index (χ3n) is 11.6. The molecule has 7 rings (SSSR count). The lowest BCUT2D eigenvalue weighted by Gasteiger charge is -2.59. The summed E-state index contributed by atoms with van der Waals surface area (Å²) in [7, 11) is -3.49. The molecule has 0 saturated carbocycles. The van der Waals surface area contributed by atoms with Crippen LogP contribution in [0.5, 0.6) is 11.5 Å². The Balaban J connectivity index is 0.903. The predicted octanol–water partition coefficient (Wildman–Crippen LogP) is 3.47. The summed E-state index contributed by atoms with van der Waals surface area (Å²) in [4.78, 5) is 42.2. The van der Waals surface area contributed by atoms with Crippen LogP contribution in [0, 0.1) is 22.6 Å². The Morgan fingerprint density at radius 3 is 2.35 bits per heavy atom. The summed E-state index contributed by atoms with van der Waals surface area (Å²) >= 11 is 0. The Bertz CT molecular complexity index is 1790. The zero-order chi connectivity index (χ0) is 37.0. The van der Waals surface area contributed by atoms with Crippen molar-refractivity contribution < 1.29 is 27.1 Å². The molecule has 0 N–H and O–H groups in total. The normalized spacial score (nSPS) is 23.1. The van der Waals surface area contributed by atoms with Gasteiger partial charge in [-0.3, -0.25) is 9.59 Å². The summed E-state index contributed by atoms with van der Waals surface area (Å²) in [6, 6.07) is 3.85. The molecule has 282 valence electrons. The molecule has 1 aromatic carbocycles. The quantitative estimate of drug-likeness (QED) is 0.319. The van der Waals surface area contributed by atoms with Crippen LogP contribution in [0.25, 0.3) is 0 Å². The van der Waals surface area contributed by atoms with E-state index in [2.05, 4.69) is 26.3 Å². The van der Waals surface area contributed by atoms with Crippen LogP contribution in [0.3, 0.4) is 0 Å². The molecular formula is C37H51FN8O5S. The van der Waals surface area contributed by atoms with Crippen molar-refractivity contribution in [2.45, 2.75) is 59.0 Å². The Morgan fingerprint density at radius 2 is 1.69 bits per heavy atom. The van der Waals surface area contributed by atoms with Gasteiger partial charge in [-0.05, 0) is 90.2 Å². The minimum Gasteiger partial charge on any atom is -0.451 e. The maximum Gasteiger partial charge on any atom is 0.282 e. The molecule has 0 unspecified atom stereocenters. The van der Waals surface area contributed by atoms with E-state index in [0.29, 0.717) is 56.8 Å². The standard InChI is InChI=1S/C37H51FN8O5S/c1-6-33(47)42-21-37(22-42)23-45(24-37)52(49,50)44-12-9-28(18-44)17-41-13-10-36(11-14-41)19-43(20-36)34-32(16-39-25-40-34)51-31-8-7-29(38)15-30(31)35(48)46(26(2)3)27(4)5/h6-8,15-16,25-28H,1,9-14,17-24H2,2-5H3/t28-/m1/s1. The number of carbonyl (C=O) groups excluding carboxylic acids is 2. The van der Waals surface area contributed by atoms with Crippen molar-refractivity contribution in [1.82, 2.24) is 33.3 Å². The van der Waals surface area contributed by atoms with Crippen LogP contribution < -0.4 is 9.64 Å². The maximum absolute atomic E-state index is 14.4. The number of nitrogens with zero attached hydrogens (tertiary/aromatic N) is 8. The fraction of sp³-hybridized carbons (Fsp3) is 0.622. The van der Waals surface area contributed by atoms with Gasteiger partial charge in [-0.1, -0.05) is 6.58 Å². The Kier molecular flexibility index (Phi) is 9.85. The molecule has 13 nitrogen and oxygen atoms in total. The average molecular weight is 739 g/mol. The molecule has 2 amide bonds. The first-order valence-electron chi connectivity index (χ1n) is 18.5. The topological polar surface area (TPSA) is 123 Å². The highest BCUT2D eigenvalue weighted by molar-refractivity contribution is 7.86. The molecule has 5 fully saturated rings. The van der Waals surface area contributed by atoms with E-state index in [1.165, 1.54) is 30.6 Å². The zero-order valence-corrected chi connectivity index (χ0v) is 31.5. The summed E-state index contributed by atoms with van der Waals surface area (Å²) in [5.41, 5.74) is 0.227. The third kappa shape index (κ3) is 6.92. The largest absolute Gasteiger partial charge is 0.451 e. The first-order chi connectivity index (χ1) is 24.7. The molecule has 0 radical (unpaired) electrons. The van der Waals surface area contributed by atoms with Gasteiger partial charge in [0.05, 0.1) is 11.8 Å². The highest BCUT2D eigenvalue weighted by atomic mass is 32.2. The van der Waals surface area contributed by atoms with Gasteiger partial charge in [-0.25, -0.2) is 14.4 Å². The number of anilines is 1. The van der Waals surface area contributed by atoms with E-state index in [-0.39, 0.29) is 46.0 Å². The monoisotopic (exact) mass is 738 g/mol. The number of hydrogen-bond acceptors (Lipinski definition) is 9. The van der Waals surface area contributed by atoms with Crippen LogP contribution >= 0.6 is 0 Å². The van der Waals surface area contributed by atoms with Crippen LogP contribution in [-0.2, 0) is 15.0 Å². The highest BCUT2D eigenvalue weighted by Gasteiger charge is 2.57. The number of likely N-dealkylation sites (tertiary alicyclic amines) is 2. The first kappa shape index (κ1) is 36.7. The van der Waals surface area contributed by atoms with Crippen LogP contribution in [0.4, 0.5) is 10.2 Å². The van der Waals surface area contributed by atoms with Gasteiger partial charge >= 0.3 is 0 Å². The van der Waals surface area contributed by atoms with Crippen molar-refractivity contribution in [2.75, 3.05) is 76.9 Å². The lowest BCUT2D eigenvalue weighted by atomic mass is 9.72. The molecule has 5 aliphatic rings. The van der Waals surface area contributed by atoms with Gasteiger partial charge in [-0.2, -0.15) is 17.0 Å². The second kappa shape index (κ2) is 14.0. The Labute approximate surface area is 306 Å². The van der Waals surface area contributed by atoms with Crippen molar-refractivity contribution in [3.8, 4) is 11.5 Å². The minimum absolute atomic E-state index is 0.0763. The molecule has 5 aliphatic heterocycles. The Hall–Kier alpha value is -3.66. The number of piperidine rings is 1. The van der Waals surface area contributed by atoms with Gasteiger partial charge in [0.25, 0.3) is 16.1 Å². The van der Waals surface area contributed by atoms with Crippen LogP contribution in [0.2, 0.25) is 0 Å². The average Bonchev–Trinajstić information content (AvgIpc) is 3.53. The second-order valence-corrected chi connectivity index (χ2v) is 18.1. The number of aromatic nitrogens is 2. The van der Waals surface area contributed by atoms with Gasteiger partial charge in [0, 0.05) is 81.8 Å². The SMILES string of the molecule is C=CC(=O)N1CC2(C1)CN(S(=O)(=O)N1CC[C@H](CN3CCC4(CC3)CN(c3ncncc3Oc3ccc(F)cc3C(=O)N(C(C)C)C(C)C)C4)C1)C2. The first-order valence-corrected chi connectivity index (χ1v) is 19.9. The molecule has 2 aromatic rings. The molecular weight excluding hydrogens is 688 g/mol. The van der Waals surface area contributed by atoms with Crippen molar-refractivity contribution in [2.24, 2.45) is 16.7 Å². The fourth-order valence-corrected chi connectivity index (χ4v) is 10.9. The van der Waals surface area contributed by atoms with Crippen molar-refractivity contribution in [1.29, 1.82) is 0 Å². The van der Waals surface area contributed by atoms with Gasteiger partial charge in [0.15, 0.2) is 11.6 Å². The summed E-state index contributed by atoms with van der Waals surface area (Å²) in [6.07, 6.45) is 7.33. The van der Waals surface area contributed by atoms with Crippen molar-refractivity contribution in [3.05, 3.63) is 54.8 Å². The lowest BCUT2D eigenvalue weighted by Crippen LogP contribution is -2.74. The zero-order valence-electron chi connectivity index (χ0n) is 30.7. The molecule has 6 heterocycles. The molecule has 5 saturated heterocycles. The molecule has 1 aromatic heterocycles. The fourth-order valence-electron chi connectivity index (χ4n) is 8.94. The van der Waals surface area contributed by atoms with Crippen LogP contribution in [0.1, 0.15) is 57.3 Å². The molecule has 1 atom stereocenters. The predicted molar refractivity (Wildman–Crippen MR) is 195 cm³/mol. The molecule has 0 bridgehead atoms. The number of benzene rings is 1. The number of rotatable bonds is 11. The number of carbonyl (C=O) groups is 2. The smallest absolute Gasteiger partial charge is 0.282 e. The van der Waals surface area contributed by atoms with Crippen LogP contribution in [-0.4, -0.2) is 138 Å². The van der Waals surface area contributed by atoms with E-state index in [0.717, 1.165) is 52.0 Å². The summed E-state index contributed by atoms with van der Waals surface area (Å²) in [5, 5.41) is 0. The second-order valence-electron chi connectivity index (χ2n) is 16.2. The van der Waals surface area contributed by atoms with Crippen LogP contribution in [0.15, 0.2) is 43.4 Å². The summed E-state index contributed by atoms with van der Waals surface area (Å²) in [5.74, 6) is 0.732. The van der Waals surface area contributed by atoms with Gasteiger partial charge in [0.1, 0.15) is 17.9 Å². The van der Waals surface area contributed by atoms with E-state index >= 15 is 0 Å². The molecule has 0 aliphatic carbocycles. The summed E-state index contributed by atoms with van der Waals surface area (Å²) < 4.78 is 50.7. The van der Waals surface area contributed by atoms with E-state index in [1.54, 1.807) is 24.6 Å².